The van der Waals surface area contributed by atoms with Crippen molar-refractivity contribution >= 4 is 35.2 Å². The maximum Gasteiger partial charge on any atom is 0.247 e. The molecule has 3 aliphatic carbocycles. The van der Waals surface area contributed by atoms with Crippen LogP contribution in [0.15, 0.2) is 72.8 Å². The molecule has 3 atom stereocenters. The van der Waals surface area contributed by atoms with Gasteiger partial charge in [0.05, 0.1) is 18.9 Å². The number of anilines is 1. The Balaban J connectivity index is 1.37. The fraction of sp³-hybridized carbons (Fsp3) is 0.300. The normalized spacial score (nSPS) is 23.8. The zero-order valence-corrected chi connectivity index (χ0v) is 21.5. The highest BCUT2D eigenvalue weighted by molar-refractivity contribution is 7.98. The molecular formula is C30H28N2O4S. The van der Waals surface area contributed by atoms with E-state index >= 15 is 0 Å². The van der Waals surface area contributed by atoms with E-state index in [-0.39, 0.29) is 29.6 Å². The Morgan fingerprint density at radius 3 is 1.78 bits per heavy atom. The van der Waals surface area contributed by atoms with Gasteiger partial charge in [0.2, 0.25) is 17.7 Å². The summed E-state index contributed by atoms with van der Waals surface area (Å²) in [7, 11) is 1.58. The SMILES string of the molecule is COc1ccc(NC(=O)C(CCSC)N2C(=O)C3C4c5ccccc5C(c5ccccc54)C3C2=O)cc1. The third-order valence-electron chi connectivity index (χ3n) is 8.05. The number of likely N-dealkylation sites (tertiary alicyclic amines) is 1. The summed E-state index contributed by atoms with van der Waals surface area (Å²) in [4.78, 5) is 43.1. The Kier molecular flexibility index (Phi) is 6.03. The zero-order valence-electron chi connectivity index (χ0n) is 20.7. The molecule has 1 aliphatic heterocycles. The minimum Gasteiger partial charge on any atom is -0.497 e. The summed E-state index contributed by atoms with van der Waals surface area (Å²) in [5.41, 5.74) is 5.09. The molecule has 6 nitrogen and oxygen atoms in total. The Labute approximate surface area is 220 Å². The van der Waals surface area contributed by atoms with Crippen LogP contribution < -0.4 is 10.1 Å². The molecule has 1 heterocycles. The molecular weight excluding hydrogens is 484 g/mol. The van der Waals surface area contributed by atoms with Crippen molar-refractivity contribution in [1.82, 2.24) is 4.90 Å². The van der Waals surface area contributed by atoms with Gasteiger partial charge in [0.25, 0.3) is 0 Å². The summed E-state index contributed by atoms with van der Waals surface area (Å²) >= 11 is 1.59. The maximum atomic E-state index is 14.1. The number of ether oxygens (including phenoxy) is 1. The molecule has 3 amide bonds. The smallest absolute Gasteiger partial charge is 0.247 e. The molecule has 0 radical (unpaired) electrons. The first-order valence-electron chi connectivity index (χ1n) is 12.5. The summed E-state index contributed by atoms with van der Waals surface area (Å²) in [6.07, 6.45) is 2.36. The summed E-state index contributed by atoms with van der Waals surface area (Å²) in [6.45, 7) is 0. The van der Waals surface area contributed by atoms with Gasteiger partial charge in [-0.3, -0.25) is 19.3 Å². The highest BCUT2D eigenvalue weighted by Gasteiger charge is 2.62. The number of nitrogens with zero attached hydrogens (tertiary/aromatic N) is 1. The van der Waals surface area contributed by atoms with Crippen molar-refractivity contribution in [2.45, 2.75) is 24.3 Å². The van der Waals surface area contributed by atoms with Crippen LogP contribution in [0.2, 0.25) is 0 Å². The molecule has 1 N–H and O–H groups in total. The molecule has 3 aromatic rings. The first-order chi connectivity index (χ1) is 18.0. The van der Waals surface area contributed by atoms with Crippen LogP contribution in [0.3, 0.4) is 0 Å². The van der Waals surface area contributed by atoms with Crippen LogP contribution in [-0.4, -0.2) is 47.8 Å². The zero-order chi connectivity index (χ0) is 25.7. The highest BCUT2D eigenvalue weighted by Crippen LogP contribution is 2.61. The number of thioether (sulfide) groups is 1. The Morgan fingerprint density at radius 1 is 0.865 bits per heavy atom. The van der Waals surface area contributed by atoms with Crippen molar-refractivity contribution in [1.29, 1.82) is 0 Å². The first-order valence-corrected chi connectivity index (χ1v) is 13.9. The second-order valence-corrected chi connectivity index (χ2v) is 10.8. The maximum absolute atomic E-state index is 14.1. The lowest BCUT2D eigenvalue weighted by molar-refractivity contribution is -0.146. The molecule has 0 saturated carbocycles. The first kappa shape index (κ1) is 23.8. The molecule has 1 fully saturated rings. The predicted molar refractivity (Wildman–Crippen MR) is 144 cm³/mol. The van der Waals surface area contributed by atoms with Crippen LogP contribution in [0, 0.1) is 11.8 Å². The number of methoxy groups -OCH3 is 1. The van der Waals surface area contributed by atoms with Gasteiger partial charge in [-0.1, -0.05) is 48.5 Å². The van der Waals surface area contributed by atoms with Crippen molar-refractivity contribution in [3.05, 3.63) is 95.1 Å². The van der Waals surface area contributed by atoms with E-state index in [1.165, 1.54) is 4.90 Å². The van der Waals surface area contributed by atoms with Crippen molar-refractivity contribution in [2.75, 3.05) is 24.4 Å². The number of rotatable bonds is 7. The number of hydrogen-bond donors (Lipinski definition) is 1. The van der Waals surface area contributed by atoms with Gasteiger partial charge in [0.1, 0.15) is 11.8 Å². The quantitative estimate of drug-likeness (QED) is 0.467. The van der Waals surface area contributed by atoms with Gasteiger partial charge in [0.15, 0.2) is 0 Å². The van der Waals surface area contributed by atoms with Crippen LogP contribution in [0.4, 0.5) is 5.69 Å². The molecule has 0 aromatic heterocycles. The summed E-state index contributed by atoms with van der Waals surface area (Å²) < 4.78 is 5.20. The van der Waals surface area contributed by atoms with E-state index < -0.39 is 17.9 Å². The number of carbonyl (C=O) groups is 3. The standard InChI is InChI=1S/C30H28N2O4S/c1-36-18-13-11-17(12-14-18)31-28(33)23(15-16-37-2)32-29(34)26-24-19-7-3-4-8-20(19)25(27(26)30(32)35)22-10-6-5-9-21(22)24/h3-14,23-27H,15-16H2,1-2H3,(H,31,33). The van der Waals surface area contributed by atoms with E-state index in [0.717, 1.165) is 22.3 Å². The van der Waals surface area contributed by atoms with Gasteiger partial charge < -0.3 is 10.1 Å². The number of benzene rings is 3. The lowest BCUT2D eigenvalue weighted by Crippen LogP contribution is -2.48. The number of carbonyl (C=O) groups excluding carboxylic acids is 3. The minimum atomic E-state index is -0.870. The van der Waals surface area contributed by atoms with E-state index in [1.54, 1.807) is 43.1 Å². The average Bonchev–Trinajstić information content (AvgIpc) is 3.19. The fourth-order valence-electron chi connectivity index (χ4n) is 6.51. The monoisotopic (exact) mass is 512 g/mol. The van der Waals surface area contributed by atoms with Crippen LogP contribution in [0.5, 0.6) is 5.75 Å². The predicted octanol–water partition coefficient (Wildman–Crippen LogP) is 4.65. The Morgan fingerprint density at radius 2 is 1.35 bits per heavy atom. The van der Waals surface area contributed by atoms with Gasteiger partial charge in [-0.15, -0.1) is 0 Å². The van der Waals surface area contributed by atoms with Crippen LogP contribution >= 0.6 is 11.8 Å². The molecule has 37 heavy (non-hydrogen) atoms. The van der Waals surface area contributed by atoms with E-state index in [2.05, 4.69) is 29.6 Å². The van der Waals surface area contributed by atoms with Crippen LogP contribution in [-0.2, 0) is 14.4 Å². The van der Waals surface area contributed by atoms with Crippen molar-refractivity contribution in [3.8, 4) is 5.75 Å². The molecule has 188 valence electrons. The van der Waals surface area contributed by atoms with Gasteiger partial charge in [-0.25, -0.2) is 0 Å². The molecule has 2 bridgehead atoms. The van der Waals surface area contributed by atoms with Gasteiger partial charge in [-0.2, -0.15) is 11.8 Å². The van der Waals surface area contributed by atoms with E-state index in [4.69, 9.17) is 4.74 Å². The topological polar surface area (TPSA) is 75.7 Å². The molecule has 1 saturated heterocycles. The van der Waals surface area contributed by atoms with Crippen molar-refractivity contribution in [2.24, 2.45) is 11.8 Å². The van der Waals surface area contributed by atoms with Gasteiger partial charge >= 0.3 is 0 Å². The van der Waals surface area contributed by atoms with Gasteiger partial charge in [0, 0.05) is 17.5 Å². The largest absolute Gasteiger partial charge is 0.497 e. The lowest BCUT2D eigenvalue weighted by Gasteiger charge is -2.45. The van der Waals surface area contributed by atoms with Crippen LogP contribution in [0.1, 0.15) is 40.5 Å². The highest BCUT2D eigenvalue weighted by atomic mass is 32.2. The summed E-state index contributed by atoms with van der Waals surface area (Å²) in [6, 6.07) is 22.5. The minimum absolute atomic E-state index is 0.185. The van der Waals surface area contributed by atoms with Crippen molar-refractivity contribution in [3.63, 3.8) is 0 Å². The van der Waals surface area contributed by atoms with E-state index in [9.17, 15) is 14.4 Å². The Hall–Kier alpha value is -3.58. The third kappa shape index (κ3) is 3.67. The van der Waals surface area contributed by atoms with E-state index in [0.29, 0.717) is 23.6 Å². The molecule has 0 spiro atoms. The van der Waals surface area contributed by atoms with E-state index in [1.807, 2.05) is 30.5 Å². The fourth-order valence-corrected chi connectivity index (χ4v) is 6.97. The third-order valence-corrected chi connectivity index (χ3v) is 8.69. The number of hydrogen-bond acceptors (Lipinski definition) is 5. The lowest BCUT2D eigenvalue weighted by atomic mass is 9.55. The molecule has 7 rings (SSSR count). The molecule has 3 aromatic carbocycles. The average molecular weight is 513 g/mol. The number of amides is 3. The second-order valence-electron chi connectivity index (χ2n) is 9.83. The number of nitrogens with one attached hydrogen (secondary N) is 1. The Bertz CT molecular complexity index is 1270. The summed E-state index contributed by atoms with van der Waals surface area (Å²) in [5.74, 6) is -0.831. The van der Waals surface area contributed by atoms with Gasteiger partial charge in [-0.05, 0) is 64.9 Å². The molecule has 7 heteroatoms. The number of imide groups is 1. The van der Waals surface area contributed by atoms with Crippen molar-refractivity contribution < 1.29 is 19.1 Å². The molecule has 4 aliphatic rings. The summed E-state index contributed by atoms with van der Waals surface area (Å²) in [5, 5.41) is 2.92. The molecule has 3 unspecified atom stereocenters. The second kappa shape index (κ2) is 9.38. The van der Waals surface area contributed by atoms with Crippen LogP contribution in [0.25, 0.3) is 0 Å².